The predicted octanol–water partition coefficient (Wildman–Crippen LogP) is 5.77. The zero-order valence-corrected chi connectivity index (χ0v) is 17.8. The molecule has 0 aliphatic heterocycles. The van der Waals surface area contributed by atoms with Crippen LogP contribution >= 0.6 is 23.8 Å². The molecule has 28 heavy (non-hydrogen) atoms. The minimum atomic E-state index is -0.346. The highest BCUT2D eigenvalue weighted by molar-refractivity contribution is 7.80. The molecule has 0 saturated carbocycles. The summed E-state index contributed by atoms with van der Waals surface area (Å²) in [5, 5.41) is 11.8. The molecular weight excluding hydrogens is 395 g/mol. The summed E-state index contributed by atoms with van der Waals surface area (Å²) >= 11 is 11.6. The molecule has 0 bridgehead atoms. The molecule has 0 fully saturated rings. The van der Waals surface area contributed by atoms with E-state index in [1.807, 2.05) is 32.9 Å². The molecule has 0 spiro atoms. The van der Waals surface area contributed by atoms with Crippen LogP contribution in [0.2, 0.25) is 5.02 Å². The van der Waals surface area contributed by atoms with E-state index in [2.05, 4.69) is 28.7 Å². The van der Waals surface area contributed by atoms with Gasteiger partial charge in [0.1, 0.15) is 5.82 Å². The fraction of sp³-hybridized carbons (Fsp3) is 0.238. The van der Waals surface area contributed by atoms with Crippen molar-refractivity contribution in [1.29, 1.82) is 0 Å². The van der Waals surface area contributed by atoms with E-state index >= 15 is 0 Å². The average Bonchev–Trinajstić information content (AvgIpc) is 2.89. The number of benzene rings is 2. The van der Waals surface area contributed by atoms with Crippen LogP contribution in [0.5, 0.6) is 0 Å². The van der Waals surface area contributed by atoms with E-state index in [1.165, 1.54) is 11.6 Å². The first-order valence-electron chi connectivity index (χ1n) is 8.89. The number of hydrogen-bond donors (Lipinski definition) is 2. The maximum absolute atomic E-state index is 14.1. The van der Waals surface area contributed by atoms with Gasteiger partial charge >= 0.3 is 0 Å². The van der Waals surface area contributed by atoms with Gasteiger partial charge in [-0.05, 0) is 69.2 Å². The molecule has 3 rings (SSSR count). The highest BCUT2D eigenvalue weighted by Crippen LogP contribution is 2.25. The van der Waals surface area contributed by atoms with E-state index in [4.69, 9.17) is 23.8 Å². The fourth-order valence-corrected chi connectivity index (χ4v) is 3.45. The summed E-state index contributed by atoms with van der Waals surface area (Å²) in [6.45, 7) is 8.15. The minimum absolute atomic E-state index is 0.247. The van der Waals surface area contributed by atoms with Gasteiger partial charge in [-0.1, -0.05) is 29.8 Å². The van der Waals surface area contributed by atoms with Gasteiger partial charge in [0, 0.05) is 16.3 Å². The van der Waals surface area contributed by atoms with Crippen LogP contribution in [0.25, 0.3) is 0 Å². The van der Waals surface area contributed by atoms with Gasteiger partial charge in [-0.15, -0.1) is 0 Å². The summed E-state index contributed by atoms with van der Waals surface area (Å²) in [7, 11) is 0. The average molecular weight is 417 g/mol. The van der Waals surface area contributed by atoms with Crippen LogP contribution in [0.1, 0.15) is 28.1 Å². The van der Waals surface area contributed by atoms with Crippen molar-refractivity contribution in [3.8, 4) is 0 Å². The van der Waals surface area contributed by atoms with Gasteiger partial charge in [0.2, 0.25) is 0 Å². The van der Waals surface area contributed by atoms with Crippen LogP contribution in [0.3, 0.4) is 0 Å². The quantitative estimate of drug-likeness (QED) is 0.530. The summed E-state index contributed by atoms with van der Waals surface area (Å²) in [6, 6.07) is 10.7. The molecule has 0 aliphatic rings. The van der Waals surface area contributed by atoms with Crippen LogP contribution in [-0.2, 0) is 6.54 Å². The van der Waals surface area contributed by atoms with E-state index in [0.29, 0.717) is 15.7 Å². The Hall–Kier alpha value is -2.44. The highest BCUT2D eigenvalue weighted by Gasteiger charge is 2.16. The maximum Gasteiger partial charge on any atom is 0.175 e. The first-order valence-corrected chi connectivity index (χ1v) is 9.67. The van der Waals surface area contributed by atoms with Crippen molar-refractivity contribution in [1.82, 2.24) is 9.78 Å². The summed E-state index contributed by atoms with van der Waals surface area (Å²) in [5.74, 6) is -0.346. The normalized spacial score (nSPS) is 10.8. The van der Waals surface area contributed by atoms with E-state index in [9.17, 15) is 4.39 Å². The molecule has 1 aromatic heterocycles. The Morgan fingerprint density at radius 3 is 2.54 bits per heavy atom. The van der Waals surface area contributed by atoms with Crippen LogP contribution in [0.15, 0.2) is 36.4 Å². The molecule has 146 valence electrons. The summed E-state index contributed by atoms with van der Waals surface area (Å²) < 4.78 is 15.9. The highest BCUT2D eigenvalue weighted by atomic mass is 35.5. The Labute approximate surface area is 174 Å². The zero-order chi connectivity index (χ0) is 20.4. The van der Waals surface area contributed by atoms with Crippen LogP contribution in [0, 0.1) is 33.5 Å². The molecule has 0 saturated heterocycles. The lowest BCUT2D eigenvalue weighted by Gasteiger charge is -2.14. The number of nitrogens with zero attached hydrogens (tertiary/aromatic N) is 2. The predicted molar refractivity (Wildman–Crippen MR) is 118 cm³/mol. The third-order valence-electron chi connectivity index (χ3n) is 4.84. The molecule has 0 amide bonds. The Bertz CT molecular complexity index is 1020. The molecule has 4 nitrogen and oxygen atoms in total. The number of hydrogen-bond acceptors (Lipinski definition) is 2. The second-order valence-electron chi connectivity index (χ2n) is 6.73. The standard InChI is InChI=1S/C21H22ClFN4S/c1-12-7-5-10-19(13(12)2)24-21(28)25-20-14(3)26-27(15(20)4)11-16-17(22)8-6-9-18(16)23/h5-10H,11H2,1-4H3,(H2,24,25,28). The third kappa shape index (κ3) is 4.18. The van der Waals surface area contributed by atoms with Gasteiger partial charge in [-0.2, -0.15) is 5.10 Å². The summed E-state index contributed by atoms with van der Waals surface area (Å²) in [4.78, 5) is 0. The van der Waals surface area contributed by atoms with Crippen molar-refractivity contribution in [2.45, 2.75) is 34.2 Å². The number of halogens is 2. The van der Waals surface area contributed by atoms with Gasteiger partial charge in [-0.3, -0.25) is 4.68 Å². The van der Waals surface area contributed by atoms with E-state index in [0.717, 1.165) is 28.3 Å². The number of aromatic nitrogens is 2. The topological polar surface area (TPSA) is 41.9 Å². The van der Waals surface area contributed by atoms with Crippen LogP contribution < -0.4 is 10.6 Å². The van der Waals surface area contributed by atoms with E-state index in [-0.39, 0.29) is 12.4 Å². The van der Waals surface area contributed by atoms with Gasteiger partial charge in [0.25, 0.3) is 0 Å². The molecule has 0 unspecified atom stereocenters. The van der Waals surface area contributed by atoms with Gasteiger partial charge < -0.3 is 10.6 Å². The molecule has 2 N–H and O–H groups in total. The van der Waals surface area contributed by atoms with E-state index in [1.54, 1.807) is 16.8 Å². The Balaban J connectivity index is 1.80. The molecule has 7 heteroatoms. The van der Waals surface area contributed by atoms with Crippen molar-refractivity contribution < 1.29 is 4.39 Å². The van der Waals surface area contributed by atoms with Crippen LogP contribution in [0.4, 0.5) is 15.8 Å². The first-order chi connectivity index (χ1) is 13.3. The van der Waals surface area contributed by atoms with Gasteiger partial charge in [0.15, 0.2) is 5.11 Å². The lowest BCUT2D eigenvalue weighted by molar-refractivity contribution is 0.579. The molecule has 3 aromatic rings. The second kappa shape index (κ2) is 8.29. The summed E-state index contributed by atoms with van der Waals surface area (Å²) in [5.41, 5.74) is 6.13. The summed E-state index contributed by atoms with van der Waals surface area (Å²) in [6.07, 6.45) is 0. The van der Waals surface area contributed by atoms with Crippen LogP contribution in [-0.4, -0.2) is 14.9 Å². The van der Waals surface area contributed by atoms with Crippen molar-refractivity contribution in [2.24, 2.45) is 0 Å². The number of aryl methyl sites for hydroxylation is 2. The molecular formula is C21H22ClFN4S. The minimum Gasteiger partial charge on any atom is -0.332 e. The Kier molecular flexibility index (Phi) is 6.01. The Morgan fingerprint density at radius 2 is 1.82 bits per heavy atom. The largest absolute Gasteiger partial charge is 0.332 e. The lowest BCUT2D eigenvalue weighted by Crippen LogP contribution is -2.20. The zero-order valence-electron chi connectivity index (χ0n) is 16.2. The lowest BCUT2D eigenvalue weighted by atomic mass is 10.1. The number of anilines is 2. The molecule has 1 heterocycles. The van der Waals surface area contributed by atoms with E-state index < -0.39 is 0 Å². The number of nitrogens with one attached hydrogen (secondary N) is 2. The molecule has 2 aromatic carbocycles. The van der Waals surface area contributed by atoms with Crippen molar-refractivity contribution in [2.75, 3.05) is 10.6 Å². The van der Waals surface area contributed by atoms with Crippen molar-refractivity contribution in [3.05, 3.63) is 75.3 Å². The van der Waals surface area contributed by atoms with Crippen molar-refractivity contribution >= 4 is 40.3 Å². The maximum atomic E-state index is 14.1. The fourth-order valence-electron chi connectivity index (χ4n) is 3.02. The monoisotopic (exact) mass is 416 g/mol. The van der Waals surface area contributed by atoms with Crippen molar-refractivity contribution in [3.63, 3.8) is 0 Å². The van der Waals surface area contributed by atoms with Gasteiger partial charge in [0.05, 0.1) is 23.6 Å². The second-order valence-corrected chi connectivity index (χ2v) is 7.55. The number of rotatable bonds is 4. The smallest absolute Gasteiger partial charge is 0.175 e. The number of thiocarbonyl (C=S) groups is 1. The molecule has 0 radical (unpaired) electrons. The SMILES string of the molecule is Cc1cccc(NC(=S)Nc2c(C)nn(Cc3c(F)cccc3Cl)c2C)c1C. The van der Waals surface area contributed by atoms with Gasteiger partial charge in [-0.25, -0.2) is 4.39 Å². The molecule has 0 aliphatic carbocycles. The first kappa shape index (κ1) is 20.3. The third-order valence-corrected chi connectivity index (χ3v) is 5.40. The molecule has 0 atom stereocenters. The Morgan fingerprint density at radius 1 is 1.11 bits per heavy atom.